The van der Waals surface area contributed by atoms with Crippen molar-refractivity contribution in [3.05, 3.63) is 29.7 Å². The lowest BCUT2D eigenvalue weighted by molar-refractivity contribution is 0.200. The molecule has 0 aromatic carbocycles. The molecule has 0 unspecified atom stereocenters. The van der Waals surface area contributed by atoms with Gasteiger partial charge in [-0.05, 0) is 42.5 Å². The lowest BCUT2D eigenvalue weighted by Crippen LogP contribution is -2.25. The van der Waals surface area contributed by atoms with Crippen molar-refractivity contribution < 1.29 is 9.15 Å². The first kappa shape index (κ1) is 14.4. The Morgan fingerprint density at radius 1 is 1.42 bits per heavy atom. The van der Waals surface area contributed by atoms with Crippen LogP contribution in [-0.4, -0.2) is 26.8 Å². The minimum atomic E-state index is 0.717. The normalized spacial score (nSPS) is 17.8. The zero-order valence-corrected chi connectivity index (χ0v) is 11.9. The zero-order valence-electron chi connectivity index (χ0n) is 11.9. The van der Waals surface area contributed by atoms with Gasteiger partial charge in [0.2, 0.25) is 0 Å². The van der Waals surface area contributed by atoms with Gasteiger partial charge in [-0.15, -0.1) is 0 Å². The van der Waals surface area contributed by atoms with Gasteiger partial charge in [0.25, 0.3) is 0 Å². The summed E-state index contributed by atoms with van der Waals surface area (Å²) in [5.41, 5.74) is 1.48. The van der Waals surface area contributed by atoms with Crippen molar-refractivity contribution in [2.45, 2.75) is 32.1 Å². The van der Waals surface area contributed by atoms with E-state index in [9.17, 15) is 0 Å². The van der Waals surface area contributed by atoms with E-state index in [1.54, 1.807) is 13.4 Å². The topological polar surface area (TPSA) is 34.4 Å². The average Bonchev–Trinajstić information content (AvgIpc) is 2.96. The fraction of sp³-hybridized carbons (Fsp3) is 0.625. The molecule has 1 N–H and O–H groups in total. The fourth-order valence-electron chi connectivity index (χ4n) is 2.75. The van der Waals surface area contributed by atoms with Crippen LogP contribution < -0.4 is 5.32 Å². The molecule has 19 heavy (non-hydrogen) atoms. The third-order valence-electron chi connectivity index (χ3n) is 3.81. The van der Waals surface area contributed by atoms with E-state index in [0.717, 1.165) is 25.5 Å². The second kappa shape index (κ2) is 8.18. The van der Waals surface area contributed by atoms with Crippen molar-refractivity contribution in [3.63, 3.8) is 0 Å². The van der Waals surface area contributed by atoms with Gasteiger partial charge in [0.05, 0.1) is 12.9 Å². The maximum atomic E-state index is 5.45. The standard InChI is InChI=1S/C16H25NO2/c1-18-11-9-17-13-15(12-16-8-5-10-19-16)14-6-3-2-4-7-14/h5,8,10,12,14,17H,2-4,6-7,9,11,13H2,1H3. The van der Waals surface area contributed by atoms with Crippen LogP contribution in [0.3, 0.4) is 0 Å². The van der Waals surface area contributed by atoms with Crippen LogP contribution in [0.15, 0.2) is 28.4 Å². The lowest BCUT2D eigenvalue weighted by Gasteiger charge is -2.24. The molecule has 1 aliphatic rings. The molecule has 1 saturated carbocycles. The van der Waals surface area contributed by atoms with Gasteiger partial charge in [0.1, 0.15) is 5.76 Å². The molecule has 2 rings (SSSR count). The Balaban J connectivity index is 1.95. The van der Waals surface area contributed by atoms with Crippen molar-refractivity contribution in [1.29, 1.82) is 0 Å². The molecule has 1 heterocycles. The number of rotatable bonds is 7. The summed E-state index contributed by atoms with van der Waals surface area (Å²) in [7, 11) is 1.74. The van der Waals surface area contributed by atoms with E-state index in [-0.39, 0.29) is 0 Å². The summed E-state index contributed by atoms with van der Waals surface area (Å²) >= 11 is 0. The van der Waals surface area contributed by atoms with Gasteiger partial charge in [-0.25, -0.2) is 0 Å². The molecule has 0 atom stereocenters. The Labute approximate surface area is 116 Å². The zero-order chi connectivity index (χ0) is 13.3. The summed E-state index contributed by atoms with van der Waals surface area (Å²) < 4.78 is 10.5. The van der Waals surface area contributed by atoms with Crippen LogP contribution in [0.4, 0.5) is 0 Å². The van der Waals surface area contributed by atoms with Crippen LogP contribution >= 0.6 is 0 Å². The summed E-state index contributed by atoms with van der Waals surface area (Å²) in [6.45, 7) is 2.60. The van der Waals surface area contributed by atoms with Gasteiger partial charge >= 0.3 is 0 Å². The molecule has 0 bridgehead atoms. The Morgan fingerprint density at radius 2 is 2.26 bits per heavy atom. The van der Waals surface area contributed by atoms with Crippen molar-refractivity contribution in [2.75, 3.05) is 26.8 Å². The van der Waals surface area contributed by atoms with E-state index in [2.05, 4.69) is 11.4 Å². The van der Waals surface area contributed by atoms with Crippen LogP contribution in [0.1, 0.15) is 37.9 Å². The highest BCUT2D eigenvalue weighted by atomic mass is 16.5. The minimum Gasteiger partial charge on any atom is -0.465 e. The van der Waals surface area contributed by atoms with Crippen LogP contribution in [-0.2, 0) is 4.74 Å². The third-order valence-corrected chi connectivity index (χ3v) is 3.81. The molecule has 1 fully saturated rings. The summed E-state index contributed by atoms with van der Waals surface area (Å²) in [5.74, 6) is 1.68. The van der Waals surface area contributed by atoms with Gasteiger partial charge in [0.15, 0.2) is 0 Å². The molecule has 0 spiro atoms. The molecule has 1 aromatic rings. The van der Waals surface area contributed by atoms with Crippen molar-refractivity contribution >= 4 is 6.08 Å². The molecule has 1 aliphatic carbocycles. The first-order valence-electron chi connectivity index (χ1n) is 7.34. The molecule has 0 amide bonds. The monoisotopic (exact) mass is 263 g/mol. The fourth-order valence-corrected chi connectivity index (χ4v) is 2.75. The molecular formula is C16H25NO2. The third kappa shape index (κ3) is 4.84. The molecule has 0 saturated heterocycles. The van der Waals surface area contributed by atoms with Crippen molar-refractivity contribution in [1.82, 2.24) is 5.32 Å². The molecule has 3 nitrogen and oxygen atoms in total. The minimum absolute atomic E-state index is 0.717. The number of methoxy groups -OCH3 is 1. The van der Waals surface area contributed by atoms with Crippen LogP contribution in [0, 0.1) is 5.92 Å². The van der Waals surface area contributed by atoms with Crippen LogP contribution in [0.5, 0.6) is 0 Å². The second-order valence-electron chi connectivity index (χ2n) is 5.24. The highest BCUT2D eigenvalue weighted by molar-refractivity contribution is 5.48. The van der Waals surface area contributed by atoms with Gasteiger partial charge < -0.3 is 14.5 Å². The average molecular weight is 263 g/mol. The highest BCUT2D eigenvalue weighted by Crippen LogP contribution is 2.30. The quantitative estimate of drug-likeness (QED) is 0.765. The van der Waals surface area contributed by atoms with Gasteiger partial charge in [-0.3, -0.25) is 0 Å². The first-order chi connectivity index (χ1) is 9.40. The number of nitrogens with one attached hydrogen (secondary N) is 1. The number of ether oxygens (including phenoxy) is 1. The van der Waals surface area contributed by atoms with E-state index < -0.39 is 0 Å². The van der Waals surface area contributed by atoms with Gasteiger partial charge in [-0.2, -0.15) is 0 Å². The van der Waals surface area contributed by atoms with Crippen LogP contribution in [0.25, 0.3) is 6.08 Å². The molecular weight excluding hydrogens is 238 g/mol. The molecule has 1 aromatic heterocycles. The maximum Gasteiger partial charge on any atom is 0.126 e. The van der Waals surface area contributed by atoms with E-state index in [0.29, 0.717) is 5.92 Å². The van der Waals surface area contributed by atoms with Crippen molar-refractivity contribution in [3.8, 4) is 0 Å². The summed E-state index contributed by atoms with van der Waals surface area (Å²) in [6.07, 6.45) is 10.7. The summed E-state index contributed by atoms with van der Waals surface area (Å²) in [4.78, 5) is 0. The van der Waals surface area contributed by atoms with E-state index >= 15 is 0 Å². The first-order valence-corrected chi connectivity index (χ1v) is 7.34. The number of hydrogen-bond donors (Lipinski definition) is 1. The Kier molecular flexibility index (Phi) is 6.18. The van der Waals surface area contributed by atoms with E-state index in [4.69, 9.17) is 9.15 Å². The predicted molar refractivity (Wildman–Crippen MR) is 78.0 cm³/mol. The molecule has 0 aliphatic heterocycles. The van der Waals surface area contributed by atoms with Crippen molar-refractivity contribution in [2.24, 2.45) is 5.92 Å². The second-order valence-corrected chi connectivity index (χ2v) is 5.24. The summed E-state index contributed by atoms with van der Waals surface area (Å²) in [6, 6.07) is 3.97. The predicted octanol–water partition coefficient (Wildman–Crippen LogP) is 3.48. The van der Waals surface area contributed by atoms with Crippen LogP contribution in [0.2, 0.25) is 0 Å². The SMILES string of the molecule is COCCNCC(=Cc1ccco1)C1CCCCC1. The Morgan fingerprint density at radius 3 is 2.95 bits per heavy atom. The molecule has 3 heteroatoms. The Bertz CT molecular complexity index is 364. The highest BCUT2D eigenvalue weighted by Gasteiger charge is 2.17. The van der Waals surface area contributed by atoms with Gasteiger partial charge in [-0.1, -0.05) is 19.3 Å². The van der Waals surface area contributed by atoms with E-state index in [1.807, 2.05) is 12.1 Å². The smallest absolute Gasteiger partial charge is 0.126 e. The van der Waals surface area contributed by atoms with Gasteiger partial charge in [0, 0.05) is 20.2 Å². The summed E-state index contributed by atoms with van der Waals surface area (Å²) in [5, 5.41) is 3.46. The number of hydrogen-bond acceptors (Lipinski definition) is 3. The number of furan rings is 1. The maximum absolute atomic E-state index is 5.45. The Hall–Kier alpha value is -1.06. The molecule has 0 radical (unpaired) electrons. The lowest BCUT2D eigenvalue weighted by atomic mass is 9.83. The van der Waals surface area contributed by atoms with E-state index in [1.165, 1.54) is 37.7 Å². The molecule has 106 valence electrons. The largest absolute Gasteiger partial charge is 0.465 e.